The van der Waals surface area contributed by atoms with Crippen molar-refractivity contribution >= 4 is 35.5 Å². The van der Waals surface area contributed by atoms with Gasteiger partial charge in [0.1, 0.15) is 18.1 Å². The van der Waals surface area contributed by atoms with Gasteiger partial charge in [0.2, 0.25) is 29.5 Å². The van der Waals surface area contributed by atoms with Crippen molar-refractivity contribution in [1.29, 1.82) is 0 Å². The number of nitrogens with one attached hydrogen (secondary N) is 3. The molecule has 34 heavy (non-hydrogen) atoms. The van der Waals surface area contributed by atoms with E-state index in [1.165, 1.54) is 6.92 Å². The fraction of sp³-hybridized carbons (Fsp3) is 0.429. The lowest BCUT2D eigenvalue weighted by atomic mass is 10.0. The van der Waals surface area contributed by atoms with E-state index in [-0.39, 0.29) is 19.3 Å². The van der Waals surface area contributed by atoms with Crippen LogP contribution in [0.25, 0.3) is 0 Å². The number of rotatable bonds is 14. The molecule has 4 unspecified atom stereocenters. The fourth-order valence-corrected chi connectivity index (χ4v) is 2.83. The zero-order valence-corrected chi connectivity index (χ0v) is 18.7. The van der Waals surface area contributed by atoms with Gasteiger partial charge in [0.05, 0.1) is 12.5 Å². The molecule has 0 spiro atoms. The summed E-state index contributed by atoms with van der Waals surface area (Å²) >= 11 is 0. The van der Waals surface area contributed by atoms with E-state index in [2.05, 4.69) is 16.0 Å². The van der Waals surface area contributed by atoms with Gasteiger partial charge in [-0.15, -0.1) is 0 Å². The van der Waals surface area contributed by atoms with E-state index < -0.39 is 66.1 Å². The number of carbonyl (C=O) groups is 6. The molecule has 0 heterocycles. The first kappa shape index (κ1) is 28.0. The van der Waals surface area contributed by atoms with Crippen molar-refractivity contribution in [2.45, 2.75) is 56.8 Å². The van der Waals surface area contributed by atoms with Crippen LogP contribution in [0.5, 0.6) is 0 Å². The molecule has 0 saturated heterocycles. The highest BCUT2D eigenvalue weighted by atomic mass is 16.4. The van der Waals surface area contributed by atoms with Gasteiger partial charge in [0.15, 0.2) is 0 Å². The van der Waals surface area contributed by atoms with Crippen LogP contribution in [0.1, 0.15) is 31.7 Å². The number of hydrogen-bond donors (Lipinski definition) is 7. The van der Waals surface area contributed by atoms with Gasteiger partial charge >= 0.3 is 5.97 Å². The molecule has 0 aliphatic carbocycles. The largest absolute Gasteiger partial charge is 0.480 e. The summed E-state index contributed by atoms with van der Waals surface area (Å²) in [6.07, 6.45) is -0.765. The molecule has 186 valence electrons. The summed E-state index contributed by atoms with van der Waals surface area (Å²) in [5.41, 5.74) is 16.7. The highest BCUT2D eigenvalue weighted by Crippen LogP contribution is 2.06. The second-order valence-electron chi connectivity index (χ2n) is 7.66. The number of hydrogen-bond acceptors (Lipinski definition) is 7. The molecule has 0 saturated carbocycles. The van der Waals surface area contributed by atoms with Crippen LogP contribution in [-0.2, 0) is 35.2 Å². The Morgan fingerprint density at radius 1 is 0.853 bits per heavy atom. The highest BCUT2D eigenvalue weighted by molar-refractivity contribution is 5.96. The first-order valence-corrected chi connectivity index (χ1v) is 10.4. The summed E-state index contributed by atoms with van der Waals surface area (Å²) in [5.74, 6) is -5.38. The van der Waals surface area contributed by atoms with Crippen LogP contribution in [0.4, 0.5) is 0 Å². The summed E-state index contributed by atoms with van der Waals surface area (Å²) in [4.78, 5) is 71.3. The lowest BCUT2D eigenvalue weighted by molar-refractivity contribution is -0.142. The summed E-state index contributed by atoms with van der Waals surface area (Å²) in [5, 5.41) is 15.9. The normalized spacial score (nSPS) is 14.1. The molecule has 13 heteroatoms. The second-order valence-corrected chi connectivity index (χ2v) is 7.66. The number of carbonyl (C=O) groups excluding carboxylic acids is 5. The van der Waals surface area contributed by atoms with Crippen molar-refractivity contribution in [3.8, 4) is 0 Å². The Morgan fingerprint density at radius 2 is 1.41 bits per heavy atom. The molecule has 5 amide bonds. The van der Waals surface area contributed by atoms with Crippen molar-refractivity contribution in [2.24, 2.45) is 17.2 Å². The van der Waals surface area contributed by atoms with Crippen LogP contribution in [-0.4, -0.2) is 64.8 Å². The van der Waals surface area contributed by atoms with E-state index in [4.69, 9.17) is 22.3 Å². The summed E-state index contributed by atoms with van der Waals surface area (Å²) in [7, 11) is 0. The van der Waals surface area contributed by atoms with Crippen LogP contribution >= 0.6 is 0 Å². The van der Waals surface area contributed by atoms with E-state index in [1.807, 2.05) is 0 Å². The molecule has 13 nitrogen and oxygen atoms in total. The van der Waals surface area contributed by atoms with Crippen molar-refractivity contribution in [1.82, 2.24) is 16.0 Å². The van der Waals surface area contributed by atoms with Gasteiger partial charge in [-0.3, -0.25) is 28.8 Å². The monoisotopic (exact) mass is 478 g/mol. The fourth-order valence-electron chi connectivity index (χ4n) is 2.83. The average molecular weight is 479 g/mol. The standard InChI is InChI=1S/C21H30N6O7/c1-11(21(33)34)25-19(31)15(10-17(24)29)27-20(32)14(9-12-5-3-2-4-6-12)26-18(30)13(22)7-8-16(23)28/h2-6,11,13-15H,7-10,22H2,1H3,(H2,23,28)(H2,24,29)(H,25,31)(H,26,30)(H,27,32)(H,33,34). The first-order valence-electron chi connectivity index (χ1n) is 10.4. The maximum absolute atomic E-state index is 13.0. The van der Waals surface area contributed by atoms with Gasteiger partial charge in [-0.2, -0.15) is 0 Å². The van der Waals surface area contributed by atoms with Crippen LogP contribution in [0.15, 0.2) is 30.3 Å². The van der Waals surface area contributed by atoms with Crippen LogP contribution in [0.3, 0.4) is 0 Å². The maximum atomic E-state index is 13.0. The second kappa shape index (κ2) is 13.5. The Balaban J connectivity index is 3.04. The minimum atomic E-state index is -1.48. The number of amides is 5. The third-order valence-corrected chi connectivity index (χ3v) is 4.72. The Labute approximate surface area is 195 Å². The molecule has 0 bridgehead atoms. The Hall–Kier alpha value is -4.00. The van der Waals surface area contributed by atoms with Gasteiger partial charge in [-0.1, -0.05) is 30.3 Å². The van der Waals surface area contributed by atoms with E-state index in [9.17, 15) is 28.8 Å². The lowest BCUT2D eigenvalue weighted by Crippen LogP contribution is -2.58. The highest BCUT2D eigenvalue weighted by Gasteiger charge is 2.30. The Morgan fingerprint density at radius 3 is 1.94 bits per heavy atom. The number of aliphatic carboxylic acids is 1. The molecule has 1 aromatic carbocycles. The number of carboxylic acids is 1. The molecule has 1 rings (SSSR count). The lowest BCUT2D eigenvalue weighted by Gasteiger charge is -2.24. The number of nitrogens with two attached hydrogens (primary N) is 3. The van der Waals surface area contributed by atoms with E-state index in [1.54, 1.807) is 30.3 Å². The SMILES string of the molecule is CC(NC(=O)C(CC(N)=O)NC(=O)C(Cc1ccccc1)NC(=O)C(N)CCC(N)=O)C(=O)O. The summed E-state index contributed by atoms with van der Waals surface area (Å²) < 4.78 is 0. The zero-order valence-electron chi connectivity index (χ0n) is 18.7. The molecule has 0 fully saturated rings. The molecule has 1 aromatic rings. The maximum Gasteiger partial charge on any atom is 0.325 e. The molecule has 0 radical (unpaired) electrons. The molecule has 4 atom stereocenters. The van der Waals surface area contributed by atoms with E-state index in [0.29, 0.717) is 5.56 Å². The number of benzene rings is 1. The van der Waals surface area contributed by atoms with E-state index >= 15 is 0 Å². The third-order valence-electron chi connectivity index (χ3n) is 4.72. The Kier molecular flexibility index (Phi) is 11.2. The van der Waals surface area contributed by atoms with E-state index in [0.717, 1.165) is 0 Å². The number of carboxylic acid groups (broad SMARTS) is 1. The number of primary amides is 2. The van der Waals surface area contributed by atoms with Crippen molar-refractivity contribution in [3.63, 3.8) is 0 Å². The van der Waals surface area contributed by atoms with Gasteiger partial charge < -0.3 is 38.3 Å². The molecular weight excluding hydrogens is 448 g/mol. The summed E-state index contributed by atoms with van der Waals surface area (Å²) in [6, 6.07) is 3.52. The predicted molar refractivity (Wildman–Crippen MR) is 119 cm³/mol. The van der Waals surface area contributed by atoms with Crippen molar-refractivity contribution in [3.05, 3.63) is 35.9 Å². The molecule has 0 aliphatic rings. The van der Waals surface area contributed by atoms with Crippen molar-refractivity contribution in [2.75, 3.05) is 0 Å². The van der Waals surface area contributed by atoms with Gasteiger partial charge in [0, 0.05) is 12.8 Å². The smallest absolute Gasteiger partial charge is 0.325 e. The van der Waals surface area contributed by atoms with Crippen LogP contribution < -0.4 is 33.2 Å². The van der Waals surface area contributed by atoms with Crippen molar-refractivity contribution < 1.29 is 33.9 Å². The molecule has 10 N–H and O–H groups in total. The average Bonchev–Trinajstić information content (AvgIpc) is 2.76. The molecular formula is C21H30N6O7. The minimum Gasteiger partial charge on any atom is -0.480 e. The van der Waals surface area contributed by atoms with Gasteiger partial charge in [-0.25, -0.2) is 0 Å². The summed E-state index contributed by atoms with van der Waals surface area (Å²) in [6.45, 7) is 1.20. The van der Waals surface area contributed by atoms with Crippen LogP contribution in [0.2, 0.25) is 0 Å². The minimum absolute atomic E-state index is 0.0113. The van der Waals surface area contributed by atoms with Crippen LogP contribution in [0, 0.1) is 0 Å². The predicted octanol–water partition coefficient (Wildman–Crippen LogP) is -2.74. The third kappa shape index (κ3) is 10.1. The zero-order chi connectivity index (χ0) is 25.8. The molecule has 0 aromatic heterocycles. The van der Waals surface area contributed by atoms with Gasteiger partial charge in [-0.05, 0) is 18.9 Å². The topological polar surface area (TPSA) is 237 Å². The Bertz CT molecular complexity index is 908. The molecule has 0 aliphatic heterocycles. The first-order chi connectivity index (χ1) is 15.9. The van der Waals surface area contributed by atoms with Gasteiger partial charge in [0.25, 0.3) is 0 Å². The quantitative estimate of drug-likeness (QED) is 0.148.